The number of aryl methyl sites for hydroxylation is 1. The molecule has 0 aliphatic carbocycles. The molecule has 7 nitrogen and oxygen atoms in total. The molecule has 0 spiro atoms. The largest absolute Gasteiger partial charge is 0.493 e. The van der Waals surface area contributed by atoms with Crippen molar-refractivity contribution in [3.63, 3.8) is 0 Å². The van der Waals surface area contributed by atoms with E-state index >= 15 is 0 Å². The molecule has 4 rings (SSSR count). The van der Waals surface area contributed by atoms with Crippen molar-refractivity contribution in [1.29, 1.82) is 0 Å². The highest BCUT2D eigenvalue weighted by molar-refractivity contribution is 6.14. The van der Waals surface area contributed by atoms with Crippen LogP contribution in [0, 0.1) is 6.92 Å². The zero-order chi connectivity index (χ0) is 23.5. The third-order valence-corrected chi connectivity index (χ3v) is 5.20. The molecule has 3 aromatic carbocycles. The minimum atomic E-state index is -0.481. The molecular weight excluding hydrogens is 424 g/mol. The van der Waals surface area contributed by atoms with Crippen molar-refractivity contribution in [2.75, 3.05) is 21.3 Å². The molecule has 0 saturated heterocycles. The molecule has 0 N–H and O–H groups in total. The van der Waals surface area contributed by atoms with Gasteiger partial charge in [0.1, 0.15) is 11.5 Å². The Kier molecular flexibility index (Phi) is 6.04. The molecule has 0 amide bonds. The Hall–Kier alpha value is -4.26. The van der Waals surface area contributed by atoms with E-state index in [4.69, 9.17) is 23.7 Å². The van der Waals surface area contributed by atoms with Gasteiger partial charge in [-0.05, 0) is 54.5 Å². The van der Waals surface area contributed by atoms with Crippen LogP contribution in [0.2, 0.25) is 0 Å². The lowest BCUT2D eigenvalue weighted by Crippen LogP contribution is -2.10. The van der Waals surface area contributed by atoms with Gasteiger partial charge in [-0.2, -0.15) is 0 Å². The van der Waals surface area contributed by atoms with E-state index in [0.717, 1.165) is 5.56 Å². The Morgan fingerprint density at radius 2 is 1.61 bits per heavy atom. The number of hydrogen-bond donors (Lipinski definition) is 0. The third kappa shape index (κ3) is 4.25. The average Bonchev–Trinajstić information content (AvgIpc) is 3.12. The molecule has 0 radical (unpaired) electrons. The van der Waals surface area contributed by atoms with Gasteiger partial charge in [-0.25, -0.2) is 4.79 Å². The van der Waals surface area contributed by atoms with Crippen LogP contribution in [0.1, 0.15) is 31.8 Å². The highest BCUT2D eigenvalue weighted by Crippen LogP contribution is 2.40. The Balaban J connectivity index is 1.60. The third-order valence-electron chi connectivity index (χ3n) is 5.20. The minimum absolute atomic E-state index is 0.127. The fraction of sp³-hybridized carbons (Fsp3) is 0.154. The lowest BCUT2D eigenvalue weighted by atomic mass is 10.1. The van der Waals surface area contributed by atoms with Gasteiger partial charge < -0.3 is 23.7 Å². The first kappa shape index (κ1) is 22.0. The van der Waals surface area contributed by atoms with E-state index in [1.165, 1.54) is 27.4 Å². The van der Waals surface area contributed by atoms with Crippen LogP contribution in [-0.2, 0) is 0 Å². The van der Waals surface area contributed by atoms with Crippen LogP contribution in [0.15, 0.2) is 60.4 Å². The number of Topliss-reactive ketones (excluding diaryl/α,β-unsaturated/α-hetero) is 1. The van der Waals surface area contributed by atoms with Crippen LogP contribution in [0.25, 0.3) is 6.08 Å². The zero-order valence-electron chi connectivity index (χ0n) is 18.6. The van der Waals surface area contributed by atoms with E-state index in [1.54, 1.807) is 42.5 Å². The van der Waals surface area contributed by atoms with Gasteiger partial charge in [-0.15, -0.1) is 0 Å². The summed E-state index contributed by atoms with van der Waals surface area (Å²) in [7, 11) is 4.55. The van der Waals surface area contributed by atoms with E-state index in [2.05, 4.69) is 0 Å². The maximum Gasteiger partial charge on any atom is 0.343 e. The smallest absolute Gasteiger partial charge is 0.343 e. The van der Waals surface area contributed by atoms with Gasteiger partial charge in [0.15, 0.2) is 17.3 Å². The van der Waals surface area contributed by atoms with Crippen molar-refractivity contribution in [2.45, 2.75) is 6.92 Å². The second kappa shape index (κ2) is 9.08. The van der Waals surface area contributed by atoms with Crippen LogP contribution in [-0.4, -0.2) is 33.1 Å². The molecule has 0 aromatic heterocycles. The van der Waals surface area contributed by atoms with Crippen molar-refractivity contribution in [1.82, 2.24) is 0 Å². The number of esters is 1. The zero-order valence-corrected chi connectivity index (χ0v) is 18.6. The summed E-state index contributed by atoms with van der Waals surface area (Å²) in [5.41, 5.74) is 2.29. The number of ketones is 1. The first-order valence-electron chi connectivity index (χ1n) is 10.1. The standard InChI is InChI=1S/C26H22O7/c1-15-7-5-6-8-18(15)26(28)32-17-9-10-19-20(14-17)33-21(24(19)27)11-16-12-22(29-2)25(31-4)23(13-16)30-3/h5-14H,1-4H3/b21-11-. The maximum atomic E-state index is 12.8. The fourth-order valence-electron chi connectivity index (χ4n) is 3.53. The van der Waals surface area contributed by atoms with Crippen molar-refractivity contribution in [3.8, 4) is 28.7 Å². The number of methoxy groups -OCH3 is 3. The normalized spacial score (nSPS) is 13.3. The number of benzene rings is 3. The molecule has 0 atom stereocenters. The molecule has 0 saturated carbocycles. The molecule has 1 aliphatic heterocycles. The van der Waals surface area contributed by atoms with Crippen molar-refractivity contribution in [2.24, 2.45) is 0 Å². The number of rotatable bonds is 6. The number of carbonyl (C=O) groups excluding carboxylic acids is 2. The Labute approximate surface area is 191 Å². The predicted molar refractivity (Wildman–Crippen MR) is 122 cm³/mol. The lowest BCUT2D eigenvalue weighted by Gasteiger charge is -2.13. The summed E-state index contributed by atoms with van der Waals surface area (Å²) >= 11 is 0. The summed E-state index contributed by atoms with van der Waals surface area (Å²) < 4.78 is 27.3. The summed E-state index contributed by atoms with van der Waals surface area (Å²) in [6.07, 6.45) is 1.59. The average molecular weight is 446 g/mol. The van der Waals surface area contributed by atoms with Gasteiger partial charge in [0.05, 0.1) is 32.5 Å². The second-order valence-corrected chi connectivity index (χ2v) is 7.26. The summed E-state index contributed by atoms with van der Waals surface area (Å²) in [5, 5.41) is 0. The molecule has 3 aromatic rings. The molecular formula is C26H22O7. The van der Waals surface area contributed by atoms with Crippen LogP contribution in [0.5, 0.6) is 28.7 Å². The summed E-state index contributed by atoms with van der Waals surface area (Å²) in [6, 6.07) is 15.3. The topological polar surface area (TPSA) is 80.3 Å². The van der Waals surface area contributed by atoms with E-state index in [1.807, 2.05) is 19.1 Å². The van der Waals surface area contributed by atoms with Crippen LogP contribution < -0.4 is 23.7 Å². The Morgan fingerprint density at radius 3 is 2.24 bits per heavy atom. The van der Waals surface area contributed by atoms with E-state index in [0.29, 0.717) is 39.7 Å². The van der Waals surface area contributed by atoms with E-state index in [9.17, 15) is 9.59 Å². The molecule has 33 heavy (non-hydrogen) atoms. The lowest BCUT2D eigenvalue weighted by molar-refractivity contribution is 0.0733. The van der Waals surface area contributed by atoms with E-state index in [-0.39, 0.29) is 17.3 Å². The number of ether oxygens (including phenoxy) is 5. The Morgan fingerprint density at radius 1 is 0.909 bits per heavy atom. The van der Waals surface area contributed by atoms with Gasteiger partial charge in [0.25, 0.3) is 0 Å². The summed E-state index contributed by atoms with van der Waals surface area (Å²) in [6.45, 7) is 1.83. The Bertz CT molecular complexity index is 1250. The van der Waals surface area contributed by atoms with Crippen molar-refractivity contribution >= 4 is 17.8 Å². The van der Waals surface area contributed by atoms with E-state index < -0.39 is 5.97 Å². The highest BCUT2D eigenvalue weighted by Gasteiger charge is 2.28. The molecule has 0 unspecified atom stereocenters. The fourth-order valence-corrected chi connectivity index (χ4v) is 3.53. The highest BCUT2D eigenvalue weighted by atomic mass is 16.5. The monoisotopic (exact) mass is 446 g/mol. The molecule has 1 aliphatic rings. The molecule has 1 heterocycles. The molecule has 0 bridgehead atoms. The summed E-state index contributed by atoms with van der Waals surface area (Å²) in [5.74, 6) is 1.32. The van der Waals surface area contributed by atoms with Crippen molar-refractivity contribution < 1.29 is 33.3 Å². The number of carbonyl (C=O) groups is 2. The quantitative estimate of drug-likeness (QED) is 0.304. The van der Waals surface area contributed by atoms with Crippen LogP contribution in [0.4, 0.5) is 0 Å². The minimum Gasteiger partial charge on any atom is -0.493 e. The predicted octanol–water partition coefficient (Wildman–Crippen LogP) is 4.86. The molecule has 168 valence electrons. The maximum absolute atomic E-state index is 12.8. The molecule has 0 fully saturated rings. The van der Waals surface area contributed by atoms with Gasteiger partial charge in [-0.3, -0.25) is 4.79 Å². The SMILES string of the molecule is COc1cc(/C=C2\Oc3cc(OC(=O)c4ccccc4C)ccc3C2=O)cc(OC)c1OC. The molecule has 7 heteroatoms. The first-order chi connectivity index (χ1) is 15.9. The number of allylic oxidation sites excluding steroid dienone is 1. The van der Waals surface area contributed by atoms with Gasteiger partial charge in [0, 0.05) is 6.07 Å². The van der Waals surface area contributed by atoms with Crippen LogP contribution >= 0.6 is 0 Å². The number of fused-ring (bicyclic) bond motifs is 1. The van der Waals surface area contributed by atoms with Gasteiger partial charge in [0.2, 0.25) is 11.5 Å². The number of hydrogen-bond acceptors (Lipinski definition) is 7. The summed E-state index contributed by atoms with van der Waals surface area (Å²) in [4.78, 5) is 25.3. The second-order valence-electron chi connectivity index (χ2n) is 7.26. The van der Waals surface area contributed by atoms with Gasteiger partial charge >= 0.3 is 5.97 Å². The first-order valence-corrected chi connectivity index (χ1v) is 10.1. The van der Waals surface area contributed by atoms with Crippen LogP contribution in [0.3, 0.4) is 0 Å². The van der Waals surface area contributed by atoms with Gasteiger partial charge in [-0.1, -0.05) is 18.2 Å². The van der Waals surface area contributed by atoms with Crippen molar-refractivity contribution in [3.05, 3.63) is 82.6 Å².